The summed E-state index contributed by atoms with van der Waals surface area (Å²) in [6.45, 7) is 6.59. The highest BCUT2D eigenvalue weighted by atomic mass is 32.2. The topological polar surface area (TPSA) is 104 Å². The Labute approximate surface area is 141 Å². The summed E-state index contributed by atoms with van der Waals surface area (Å²) < 4.78 is 24.1. The number of nitro benzene ring substituents is 1. The number of sulfone groups is 1. The van der Waals surface area contributed by atoms with E-state index in [1.165, 1.54) is 12.1 Å². The normalized spacial score (nSPS) is 17.1. The fraction of sp³-hybridized carbons (Fsp3) is 0.600. The number of piperazine rings is 1. The van der Waals surface area contributed by atoms with E-state index < -0.39 is 20.4 Å². The van der Waals surface area contributed by atoms with Crippen molar-refractivity contribution in [1.82, 2.24) is 4.90 Å². The molecule has 24 heavy (non-hydrogen) atoms. The van der Waals surface area contributed by atoms with Gasteiger partial charge in [0.15, 0.2) is 9.84 Å². The van der Waals surface area contributed by atoms with Crippen molar-refractivity contribution in [2.75, 3.05) is 43.9 Å². The van der Waals surface area contributed by atoms with Gasteiger partial charge in [0, 0.05) is 51.1 Å². The first-order valence-electron chi connectivity index (χ1n) is 7.65. The van der Waals surface area contributed by atoms with Gasteiger partial charge in [-0.2, -0.15) is 0 Å². The number of nitrogens with zero attached hydrogens (tertiary/aromatic N) is 3. The summed E-state index contributed by atoms with van der Waals surface area (Å²) in [4.78, 5) is 14.3. The molecule has 1 aliphatic heterocycles. The molecule has 1 saturated heterocycles. The van der Waals surface area contributed by atoms with Crippen molar-refractivity contribution in [2.24, 2.45) is 0 Å². The quantitative estimate of drug-likeness (QED) is 0.616. The highest BCUT2D eigenvalue weighted by Crippen LogP contribution is 2.30. The maximum Gasteiger partial charge on any atom is 0.270 e. The van der Waals surface area contributed by atoms with Crippen LogP contribution in [0.1, 0.15) is 13.8 Å². The van der Waals surface area contributed by atoms with Gasteiger partial charge in [0.25, 0.3) is 5.69 Å². The lowest BCUT2D eigenvalue weighted by molar-refractivity contribution is -0.385. The van der Waals surface area contributed by atoms with Gasteiger partial charge < -0.3 is 10.0 Å². The van der Waals surface area contributed by atoms with Gasteiger partial charge in [-0.15, -0.1) is 0 Å². The predicted molar refractivity (Wildman–Crippen MR) is 91.2 cm³/mol. The summed E-state index contributed by atoms with van der Waals surface area (Å²) in [6, 6.07) is 3.95. The third kappa shape index (κ3) is 4.65. The average Bonchev–Trinajstić information content (AvgIpc) is 2.45. The van der Waals surface area contributed by atoms with E-state index in [2.05, 4.69) is 4.90 Å². The van der Waals surface area contributed by atoms with Crippen LogP contribution in [0.5, 0.6) is 0 Å². The smallest absolute Gasteiger partial charge is 0.270 e. The van der Waals surface area contributed by atoms with E-state index in [1.807, 2.05) is 4.90 Å². The minimum atomic E-state index is -3.58. The third-order valence-electron chi connectivity index (χ3n) is 3.88. The van der Waals surface area contributed by atoms with Gasteiger partial charge in [-0.05, 0) is 19.9 Å². The van der Waals surface area contributed by atoms with E-state index >= 15 is 0 Å². The molecular formula is C15H23N3O5S. The maximum absolute atomic E-state index is 12.0. The SMILES string of the molecule is CC(C)(O)CN1CCN(c2ccc([N+](=O)[O-])cc2S(C)(=O)=O)CC1. The molecule has 134 valence electrons. The fourth-order valence-corrected chi connectivity index (χ4v) is 3.78. The monoisotopic (exact) mass is 357 g/mol. The molecule has 0 aromatic heterocycles. The Bertz CT molecular complexity index is 719. The van der Waals surface area contributed by atoms with Crippen LogP contribution in [-0.4, -0.2) is 67.9 Å². The summed E-state index contributed by atoms with van der Waals surface area (Å²) >= 11 is 0. The van der Waals surface area contributed by atoms with Crippen molar-refractivity contribution in [3.63, 3.8) is 0 Å². The summed E-state index contributed by atoms with van der Waals surface area (Å²) in [7, 11) is -3.58. The Balaban J connectivity index is 2.23. The highest BCUT2D eigenvalue weighted by molar-refractivity contribution is 7.90. The molecule has 0 unspecified atom stereocenters. The summed E-state index contributed by atoms with van der Waals surface area (Å²) in [5.74, 6) is 0. The number of non-ortho nitro benzene ring substituents is 1. The van der Waals surface area contributed by atoms with E-state index in [4.69, 9.17) is 0 Å². The number of hydrogen-bond acceptors (Lipinski definition) is 7. The van der Waals surface area contributed by atoms with Crippen molar-refractivity contribution in [2.45, 2.75) is 24.3 Å². The van der Waals surface area contributed by atoms with Crippen LogP contribution < -0.4 is 4.90 Å². The molecule has 0 bridgehead atoms. The minimum Gasteiger partial charge on any atom is -0.389 e. The Morgan fingerprint density at radius 1 is 1.25 bits per heavy atom. The Morgan fingerprint density at radius 2 is 1.83 bits per heavy atom. The molecule has 0 spiro atoms. The van der Waals surface area contributed by atoms with Crippen LogP contribution in [0.25, 0.3) is 0 Å². The van der Waals surface area contributed by atoms with Crippen molar-refractivity contribution < 1.29 is 18.4 Å². The largest absolute Gasteiger partial charge is 0.389 e. The standard InChI is InChI=1S/C15H23N3O5S/c1-15(2,19)11-16-6-8-17(9-7-16)13-5-4-12(18(20)21)10-14(13)24(3,22)23/h4-5,10,19H,6-9,11H2,1-3H3. The second kappa shape index (κ2) is 6.66. The first-order valence-corrected chi connectivity index (χ1v) is 9.55. The summed E-state index contributed by atoms with van der Waals surface area (Å²) in [5, 5.41) is 20.8. The second-order valence-corrected chi connectivity index (χ2v) is 8.74. The van der Waals surface area contributed by atoms with Crippen molar-refractivity contribution in [3.8, 4) is 0 Å². The molecule has 0 amide bonds. The number of rotatable bonds is 5. The van der Waals surface area contributed by atoms with Gasteiger partial charge in [0.05, 0.1) is 21.1 Å². The number of β-amino-alcohol motifs (C(OH)–C–C–N with tert-alkyl or cyclic N) is 1. The zero-order valence-electron chi connectivity index (χ0n) is 14.1. The molecule has 8 nitrogen and oxygen atoms in total. The third-order valence-corrected chi connectivity index (χ3v) is 5.00. The van der Waals surface area contributed by atoms with E-state index in [9.17, 15) is 23.6 Å². The van der Waals surface area contributed by atoms with E-state index in [-0.39, 0.29) is 10.6 Å². The Hall–Kier alpha value is -1.71. The van der Waals surface area contributed by atoms with Gasteiger partial charge in [-0.3, -0.25) is 15.0 Å². The zero-order chi connectivity index (χ0) is 18.1. The number of hydrogen-bond donors (Lipinski definition) is 1. The lowest BCUT2D eigenvalue weighted by atomic mass is 10.1. The molecule has 1 aromatic rings. The number of benzene rings is 1. The van der Waals surface area contributed by atoms with E-state index in [0.29, 0.717) is 38.4 Å². The molecule has 1 aliphatic rings. The molecule has 1 aromatic carbocycles. The van der Waals surface area contributed by atoms with Crippen LogP contribution in [0, 0.1) is 10.1 Å². The Morgan fingerprint density at radius 3 is 2.29 bits per heavy atom. The molecule has 2 rings (SSSR count). The molecule has 1 N–H and O–H groups in total. The first-order chi connectivity index (χ1) is 11.0. The molecule has 1 heterocycles. The molecule has 1 fully saturated rings. The Kier molecular flexibility index (Phi) is 5.17. The molecule has 0 radical (unpaired) electrons. The van der Waals surface area contributed by atoms with Crippen LogP contribution in [0.3, 0.4) is 0 Å². The summed E-state index contributed by atoms with van der Waals surface area (Å²) in [5.41, 5.74) is -0.529. The number of aliphatic hydroxyl groups is 1. The number of nitro groups is 1. The molecule has 9 heteroatoms. The molecule has 0 saturated carbocycles. The average molecular weight is 357 g/mol. The lowest BCUT2D eigenvalue weighted by Crippen LogP contribution is -2.50. The van der Waals surface area contributed by atoms with Crippen molar-refractivity contribution >= 4 is 21.2 Å². The summed E-state index contributed by atoms with van der Waals surface area (Å²) in [6.07, 6.45) is 1.06. The van der Waals surface area contributed by atoms with Crippen LogP contribution in [0.2, 0.25) is 0 Å². The van der Waals surface area contributed by atoms with Gasteiger partial charge in [0.1, 0.15) is 0 Å². The molecular weight excluding hydrogens is 334 g/mol. The van der Waals surface area contributed by atoms with Crippen LogP contribution in [0.15, 0.2) is 23.1 Å². The lowest BCUT2D eigenvalue weighted by Gasteiger charge is -2.38. The van der Waals surface area contributed by atoms with Crippen molar-refractivity contribution in [1.29, 1.82) is 0 Å². The van der Waals surface area contributed by atoms with Gasteiger partial charge in [0.2, 0.25) is 0 Å². The highest BCUT2D eigenvalue weighted by Gasteiger charge is 2.26. The first kappa shape index (κ1) is 18.6. The predicted octanol–water partition coefficient (Wildman–Crippen LogP) is 0.891. The second-order valence-electron chi connectivity index (χ2n) is 6.76. The van der Waals surface area contributed by atoms with Crippen LogP contribution in [0.4, 0.5) is 11.4 Å². The zero-order valence-corrected chi connectivity index (χ0v) is 14.9. The minimum absolute atomic E-state index is 0.0207. The van der Waals surface area contributed by atoms with E-state index in [0.717, 1.165) is 12.3 Å². The van der Waals surface area contributed by atoms with Gasteiger partial charge in [-0.1, -0.05) is 0 Å². The fourth-order valence-electron chi connectivity index (χ4n) is 2.87. The maximum atomic E-state index is 12.0. The molecule has 0 atom stereocenters. The van der Waals surface area contributed by atoms with E-state index in [1.54, 1.807) is 13.8 Å². The van der Waals surface area contributed by atoms with Crippen molar-refractivity contribution in [3.05, 3.63) is 28.3 Å². The van der Waals surface area contributed by atoms with Gasteiger partial charge >= 0.3 is 0 Å². The van der Waals surface area contributed by atoms with Crippen LogP contribution in [-0.2, 0) is 9.84 Å². The molecule has 0 aliphatic carbocycles. The van der Waals surface area contributed by atoms with Gasteiger partial charge in [-0.25, -0.2) is 8.42 Å². The van der Waals surface area contributed by atoms with Crippen LogP contribution >= 0.6 is 0 Å². The number of anilines is 1.